The Balaban J connectivity index is 1.33. The number of H-pyrrole nitrogens is 1. The van der Waals surface area contributed by atoms with Gasteiger partial charge in [-0.1, -0.05) is 12.1 Å². The molecule has 0 atom stereocenters. The van der Waals surface area contributed by atoms with Crippen LogP contribution in [-0.4, -0.2) is 70.7 Å². The van der Waals surface area contributed by atoms with Crippen molar-refractivity contribution in [1.82, 2.24) is 19.2 Å². The maximum absolute atomic E-state index is 12.9. The Morgan fingerprint density at radius 1 is 1.17 bits per heavy atom. The Bertz CT molecular complexity index is 964. The average Bonchev–Trinajstić information content (AvgIpc) is 3.03. The molecule has 0 aliphatic carbocycles. The molecule has 1 N–H and O–H groups in total. The van der Waals surface area contributed by atoms with Crippen LogP contribution in [0, 0.1) is 0 Å². The van der Waals surface area contributed by atoms with Gasteiger partial charge in [0.05, 0.1) is 11.0 Å². The number of likely N-dealkylation sites (tertiary alicyclic amines) is 1. The number of hydrogen-bond donors (Lipinski definition) is 1. The lowest BCUT2D eigenvalue weighted by atomic mass is 9.97. The Morgan fingerprint density at radius 2 is 1.83 bits per heavy atom. The molecule has 0 radical (unpaired) electrons. The summed E-state index contributed by atoms with van der Waals surface area (Å²) in [4.78, 5) is 21.5. The van der Waals surface area contributed by atoms with Crippen molar-refractivity contribution in [2.45, 2.75) is 50.4 Å². The highest BCUT2D eigenvalue weighted by Gasteiger charge is 2.45. The highest BCUT2D eigenvalue weighted by molar-refractivity contribution is 7.89. The van der Waals surface area contributed by atoms with Gasteiger partial charge >= 0.3 is 6.09 Å². The SMILES string of the molecule is CC(C)(C)OC(=O)N1CC(S(=O)(=O)N2CCC(c3nc4ccccc4[nH]3)CC2)C1. The van der Waals surface area contributed by atoms with Crippen LogP contribution in [0.1, 0.15) is 45.4 Å². The van der Waals surface area contributed by atoms with Crippen LogP contribution in [0.4, 0.5) is 4.79 Å². The van der Waals surface area contributed by atoms with Crippen LogP contribution in [0.25, 0.3) is 11.0 Å². The molecule has 4 rings (SSSR count). The fourth-order valence-electron chi connectivity index (χ4n) is 3.86. The Hall–Kier alpha value is -2.13. The minimum Gasteiger partial charge on any atom is -0.444 e. The van der Waals surface area contributed by atoms with Gasteiger partial charge in [0.25, 0.3) is 0 Å². The van der Waals surface area contributed by atoms with Crippen molar-refractivity contribution < 1.29 is 17.9 Å². The molecule has 8 nitrogen and oxygen atoms in total. The average molecular weight is 421 g/mol. The van der Waals surface area contributed by atoms with Gasteiger partial charge in [-0.3, -0.25) is 0 Å². The van der Waals surface area contributed by atoms with Crippen molar-refractivity contribution in [2.24, 2.45) is 0 Å². The molecule has 0 spiro atoms. The number of carbonyl (C=O) groups is 1. The zero-order chi connectivity index (χ0) is 20.8. The molecule has 158 valence electrons. The molecular formula is C20H28N4O4S. The number of carbonyl (C=O) groups excluding carboxylic acids is 1. The number of nitrogens with one attached hydrogen (secondary N) is 1. The number of aromatic amines is 1. The third kappa shape index (κ3) is 4.11. The summed E-state index contributed by atoms with van der Waals surface area (Å²) in [6.45, 7) is 6.74. The standard InChI is InChI=1S/C20H28N4O4S/c1-20(2,3)28-19(25)23-12-15(13-23)29(26,27)24-10-8-14(9-11-24)18-21-16-6-4-5-7-17(16)22-18/h4-7,14-15H,8-13H2,1-3H3,(H,21,22). The summed E-state index contributed by atoms with van der Waals surface area (Å²) in [7, 11) is -3.41. The Morgan fingerprint density at radius 3 is 2.45 bits per heavy atom. The largest absolute Gasteiger partial charge is 0.444 e. The van der Waals surface area contributed by atoms with Gasteiger partial charge in [0.1, 0.15) is 16.7 Å². The van der Waals surface area contributed by atoms with Gasteiger partial charge in [-0.2, -0.15) is 0 Å². The van der Waals surface area contributed by atoms with Gasteiger partial charge in [0.2, 0.25) is 10.0 Å². The lowest BCUT2D eigenvalue weighted by molar-refractivity contribution is 0.0135. The van der Waals surface area contributed by atoms with Crippen LogP contribution in [-0.2, 0) is 14.8 Å². The van der Waals surface area contributed by atoms with E-state index in [1.807, 2.05) is 24.3 Å². The number of piperidine rings is 1. The zero-order valence-corrected chi connectivity index (χ0v) is 17.9. The fraction of sp³-hybridized carbons (Fsp3) is 0.600. The van der Waals surface area contributed by atoms with Crippen LogP contribution in [0.5, 0.6) is 0 Å². The first kappa shape index (κ1) is 20.2. The predicted octanol–water partition coefficient (Wildman–Crippen LogP) is 2.69. The van der Waals surface area contributed by atoms with Gasteiger partial charge in [-0.15, -0.1) is 0 Å². The molecule has 2 saturated heterocycles. The number of rotatable bonds is 3. The first-order valence-corrected chi connectivity index (χ1v) is 11.6. The molecule has 0 saturated carbocycles. The molecule has 9 heteroatoms. The summed E-state index contributed by atoms with van der Waals surface area (Å²) in [5.41, 5.74) is 1.36. The molecule has 1 amide bonds. The van der Waals surface area contributed by atoms with Gasteiger partial charge in [0.15, 0.2) is 0 Å². The van der Waals surface area contributed by atoms with E-state index >= 15 is 0 Å². The molecule has 0 bridgehead atoms. The van der Waals surface area contributed by atoms with Gasteiger partial charge in [0, 0.05) is 32.1 Å². The molecule has 2 fully saturated rings. The highest BCUT2D eigenvalue weighted by atomic mass is 32.2. The summed E-state index contributed by atoms with van der Waals surface area (Å²) < 4.78 is 32.7. The second-order valence-corrected chi connectivity index (χ2v) is 11.1. The van der Waals surface area contributed by atoms with Crippen molar-refractivity contribution in [3.8, 4) is 0 Å². The van der Waals surface area contributed by atoms with E-state index in [9.17, 15) is 13.2 Å². The first-order valence-electron chi connectivity index (χ1n) is 10.0. The third-order valence-electron chi connectivity index (χ3n) is 5.53. The van der Waals surface area contributed by atoms with E-state index in [1.165, 1.54) is 4.90 Å². The van der Waals surface area contributed by atoms with Gasteiger partial charge < -0.3 is 14.6 Å². The molecular weight excluding hydrogens is 392 g/mol. The summed E-state index contributed by atoms with van der Waals surface area (Å²) >= 11 is 0. The number of imidazole rings is 1. The van der Waals surface area contributed by atoms with Crippen molar-refractivity contribution in [3.05, 3.63) is 30.1 Å². The maximum atomic E-state index is 12.9. The molecule has 2 aromatic rings. The fourth-order valence-corrected chi connectivity index (χ4v) is 5.74. The van der Waals surface area contributed by atoms with Crippen LogP contribution in [0.15, 0.2) is 24.3 Å². The summed E-state index contributed by atoms with van der Waals surface area (Å²) in [5, 5.41) is -0.544. The molecule has 3 heterocycles. The normalized spacial score (nSPS) is 20.0. The number of ether oxygens (including phenoxy) is 1. The lowest BCUT2D eigenvalue weighted by Crippen LogP contribution is -2.61. The second-order valence-electron chi connectivity index (χ2n) is 8.86. The molecule has 2 aliphatic heterocycles. The zero-order valence-electron chi connectivity index (χ0n) is 17.1. The van der Waals surface area contributed by atoms with E-state index < -0.39 is 27.0 Å². The van der Waals surface area contributed by atoms with E-state index in [-0.39, 0.29) is 19.0 Å². The van der Waals surface area contributed by atoms with Gasteiger partial charge in [-0.05, 0) is 45.7 Å². The van der Waals surface area contributed by atoms with Crippen LogP contribution in [0.3, 0.4) is 0 Å². The maximum Gasteiger partial charge on any atom is 0.410 e. The monoisotopic (exact) mass is 420 g/mol. The van der Waals surface area contributed by atoms with E-state index in [0.717, 1.165) is 29.7 Å². The van der Waals surface area contributed by atoms with Gasteiger partial charge in [-0.25, -0.2) is 22.5 Å². The predicted molar refractivity (Wildman–Crippen MR) is 110 cm³/mol. The summed E-state index contributed by atoms with van der Waals surface area (Å²) in [6.07, 6.45) is 1.02. The Kier molecular flexibility index (Phi) is 5.06. The lowest BCUT2D eigenvalue weighted by Gasteiger charge is -2.42. The van der Waals surface area contributed by atoms with Crippen molar-refractivity contribution in [3.63, 3.8) is 0 Å². The summed E-state index contributed by atoms with van der Waals surface area (Å²) in [6, 6.07) is 7.90. The molecule has 0 unspecified atom stereocenters. The van der Waals surface area contributed by atoms with Crippen molar-refractivity contribution in [1.29, 1.82) is 0 Å². The number of nitrogens with zero attached hydrogens (tertiary/aromatic N) is 3. The van der Waals surface area contributed by atoms with Crippen LogP contribution in [0.2, 0.25) is 0 Å². The summed E-state index contributed by atoms with van der Waals surface area (Å²) in [5.74, 6) is 1.16. The number of amides is 1. The molecule has 2 aliphatic rings. The van der Waals surface area contributed by atoms with Crippen LogP contribution < -0.4 is 0 Å². The Labute approximate surface area is 171 Å². The number of benzene rings is 1. The topological polar surface area (TPSA) is 95.6 Å². The van der Waals surface area contributed by atoms with E-state index in [4.69, 9.17) is 4.74 Å². The van der Waals surface area contributed by atoms with Crippen molar-refractivity contribution in [2.75, 3.05) is 26.2 Å². The second kappa shape index (κ2) is 7.28. The first-order chi connectivity index (χ1) is 13.6. The molecule has 1 aromatic carbocycles. The van der Waals surface area contributed by atoms with E-state index in [0.29, 0.717) is 13.1 Å². The van der Waals surface area contributed by atoms with Crippen LogP contribution >= 0.6 is 0 Å². The highest BCUT2D eigenvalue weighted by Crippen LogP contribution is 2.31. The number of aromatic nitrogens is 2. The van der Waals surface area contributed by atoms with E-state index in [2.05, 4.69) is 9.97 Å². The van der Waals surface area contributed by atoms with Crippen molar-refractivity contribution >= 4 is 27.1 Å². The van der Waals surface area contributed by atoms with E-state index in [1.54, 1.807) is 25.1 Å². The number of para-hydroxylation sites is 2. The minimum atomic E-state index is -3.41. The molecule has 1 aromatic heterocycles. The number of sulfonamides is 1. The molecule has 29 heavy (non-hydrogen) atoms. The number of fused-ring (bicyclic) bond motifs is 1. The smallest absolute Gasteiger partial charge is 0.410 e. The minimum absolute atomic E-state index is 0.195. The quantitative estimate of drug-likeness (QED) is 0.824. The number of hydrogen-bond acceptors (Lipinski definition) is 5. The third-order valence-corrected chi connectivity index (χ3v) is 7.75.